The van der Waals surface area contributed by atoms with Crippen molar-refractivity contribution >= 4 is 17.9 Å². The summed E-state index contributed by atoms with van der Waals surface area (Å²) in [5, 5.41) is 51.0. The zero-order chi connectivity index (χ0) is 29.1. The summed E-state index contributed by atoms with van der Waals surface area (Å²) in [5.74, 6) is -5.13. The van der Waals surface area contributed by atoms with Crippen LogP contribution in [0.25, 0.3) is 0 Å². The van der Waals surface area contributed by atoms with Gasteiger partial charge in [-0.05, 0) is 24.3 Å². The van der Waals surface area contributed by atoms with Crippen LogP contribution in [0.2, 0.25) is 0 Å². The number of phenols is 2. The molecule has 0 radical (unpaired) electrons. The van der Waals surface area contributed by atoms with Crippen molar-refractivity contribution in [1.29, 1.82) is 0 Å². The average molecular weight is 552 g/mol. The first kappa shape index (κ1) is 29.1. The van der Waals surface area contributed by atoms with Crippen LogP contribution in [0.5, 0.6) is 34.5 Å². The molecule has 14 heteroatoms. The lowest BCUT2D eigenvalue weighted by atomic mass is 9.79. The number of aliphatic hydroxyl groups is 2. The first-order chi connectivity index (χ1) is 18.4. The maximum atomic E-state index is 13.0. The van der Waals surface area contributed by atoms with Crippen molar-refractivity contribution in [3.8, 4) is 34.5 Å². The molecule has 1 saturated carbocycles. The molecule has 0 aromatic heterocycles. The molecule has 0 bridgehead atoms. The highest BCUT2D eigenvalue weighted by Gasteiger charge is 2.52. The monoisotopic (exact) mass is 552 g/mol. The van der Waals surface area contributed by atoms with E-state index in [4.69, 9.17) is 28.4 Å². The van der Waals surface area contributed by atoms with Crippen LogP contribution in [0.15, 0.2) is 24.3 Å². The molecule has 0 heterocycles. The van der Waals surface area contributed by atoms with Crippen LogP contribution >= 0.6 is 0 Å². The largest absolute Gasteiger partial charge is 0.502 e. The second-order valence-corrected chi connectivity index (χ2v) is 8.58. The van der Waals surface area contributed by atoms with Gasteiger partial charge in [0, 0.05) is 12.8 Å². The fourth-order valence-corrected chi connectivity index (χ4v) is 4.10. The van der Waals surface area contributed by atoms with Crippen molar-refractivity contribution in [2.75, 3.05) is 28.4 Å². The summed E-state index contributed by atoms with van der Waals surface area (Å²) in [6.07, 6.45) is -6.51. The Bertz CT molecular complexity index is 1210. The van der Waals surface area contributed by atoms with Crippen molar-refractivity contribution in [2.45, 2.75) is 36.8 Å². The van der Waals surface area contributed by atoms with Crippen LogP contribution in [-0.4, -0.2) is 95.8 Å². The van der Waals surface area contributed by atoms with Gasteiger partial charge < -0.3 is 54.0 Å². The molecule has 4 atom stereocenters. The molecule has 212 valence electrons. The highest BCUT2D eigenvalue weighted by molar-refractivity contribution is 5.92. The Morgan fingerprint density at radius 1 is 0.744 bits per heavy atom. The SMILES string of the molecule is COc1cc(C(=O)O[C@H]2[C@H](O)C[C@](O)(C(=O)O)C[C@H]2OC(=O)c2cc(OC)c(O)c(OC)c2)cc(OC)c1O. The zero-order valence-electron chi connectivity index (χ0n) is 21.4. The van der Waals surface area contributed by atoms with E-state index in [-0.39, 0.29) is 39.9 Å². The lowest BCUT2D eigenvalue weighted by molar-refractivity contribution is -0.187. The number of methoxy groups -OCH3 is 4. The number of phenolic OH excluding ortho intramolecular Hbond substituents is 2. The molecule has 1 aliphatic rings. The van der Waals surface area contributed by atoms with Crippen LogP contribution in [0.4, 0.5) is 0 Å². The second kappa shape index (κ2) is 11.5. The number of hydrogen-bond acceptors (Lipinski definition) is 13. The number of aromatic hydroxyl groups is 2. The summed E-state index contributed by atoms with van der Waals surface area (Å²) in [6, 6.07) is 4.52. The first-order valence-electron chi connectivity index (χ1n) is 11.3. The van der Waals surface area contributed by atoms with Gasteiger partial charge >= 0.3 is 17.9 Å². The van der Waals surface area contributed by atoms with E-state index >= 15 is 0 Å². The molecular weight excluding hydrogens is 524 g/mol. The first-order valence-corrected chi connectivity index (χ1v) is 11.3. The predicted octanol–water partition coefficient (Wildman–Crippen LogP) is 0.854. The minimum absolute atomic E-state index is 0.121. The Hall–Kier alpha value is -4.43. The number of carbonyl (C=O) groups is 3. The van der Waals surface area contributed by atoms with Crippen molar-refractivity contribution in [2.24, 2.45) is 0 Å². The summed E-state index contributed by atoms with van der Waals surface area (Å²) in [6.45, 7) is 0. The van der Waals surface area contributed by atoms with Gasteiger partial charge in [0.15, 0.2) is 34.7 Å². The van der Waals surface area contributed by atoms with Gasteiger partial charge in [-0.2, -0.15) is 0 Å². The molecular formula is C25H28O14. The summed E-state index contributed by atoms with van der Waals surface area (Å²) in [4.78, 5) is 37.8. The summed E-state index contributed by atoms with van der Waals surface area (Å²) < 4.78 is 30.9. The van der Waals surface area contributed by atoms with Crippen molar-refractivity contribution in [3.63, 3.8) is 0 Å². The van der Waals surface area contributed by atoms with E-state index in [1.165, 1.54) is 28.4 Å². The zero-order valence-corrected chi connectivity index (χ0v) is 21.4. The van der Waals surface area contributed by atoms with E-state index in [1.54, 1.807) is 0 Å². The fraction of sp³-hybridized carbons (Fsp3) is 0.400. The third-order valence-corrected chi connectivity index (χ3v) is 6.16. The molecule has 0 saturated heterocycles. The molecule has 3 rings (SSSR count). The summed E-state index contributed by atoms with van der Waals surface area (Å²) in [7, 11) is 4.95. The number of carbonyl (C=O) groups excluding carboxylic acids is 2. The number of carboxylic acids is 1. The van der Waals surface area contributed by atoms with Gasteiger partial charge in [-0.15, -0.1) is 0 Å². The Balaban J connectivity index is 1.95. The van der Waals surface area contributed by atoms with Crippen molar-refractivity contribution < 1.29 is 68.3 Å². The van der Waals surface area contributed by atoms with Crippen LogP contribution in [0.1, 0.15) is 33.6 Å². The minimum atomic E-state index is -2.51. The fourth-order valence-electron chi connectivity index (χ4n) is 4.10. The van der Waals surface area contributed by atoms with Gasteiger partial charge in [0.25, 0.3) is 0 Å². The summed E-state index contributed by atoms with van der Waals surface area (Å²) >= 11 is 0. The number of carboxylic acid groups (broad SMARTS) is 1. The molecule has 14 nitrogen and oxygen atoms in total. The number of aliphatic hydroxyl groups excluding tert-OH is 1. The van der Waals surface area contributed by atoms with Gasteiger partial charge in [-0.3, -0.25) is 0 Å². The van der Waals surface area contributed by atoms with Crippen LogP contribution < -0.4 is 18.9 Å². The lowest BCUT2D eigenvalue weighted by Crippen LogP contribution is -2.58. The molecule has 2 aromatic rings. The number of benzene rings is 2. The summed E-state index contributed by atoms with van der Waals surface area (Å²) in [5.41, 5.74) is -2.88. The molecule has 0 aliphatic heterocycles. The van der Waals surface area contributed by atoms with E-state index in [2.05, 4.69) is 0 Å². The van der Waals surface area contributed by atoms with Gasteiger partial charge in [0.1, 0.15) is 6.10 Å². The molecule has 0 unspecified atom stereocenters. The molecule has 0 spiro atoms. The second-order valence-electron chi connectivity index (χ2n) is 8.58. The number of ether oxygens (including phenoxy) is 6. The van der Waals surface area contributed by atoms with E-state index in [1.807, 2.05) is 0 Å². The molecule has 39 heavy (non-hydrogen) atoms. The lowest BCUT2D eigenvalue weighted by Gasteiger charge is -2.40. The van der Waals surface area contributed by atoms with Crippen molar-refractivity contribution in [3.05, 3.63) is 35.4 Å². The van der Waals surface area contributed by atoms with Crippen molar-refractivity contribution in [1.82, 2.24) is 0 Å². The molecule has 1 fully saturated rings. The average Bonchev–Trinajstić information content (AvgIpc) is 2.90. The number of esters is 2. The smallest absolute Gasteiger partial charge is 0.338 e. The molecule has 1 aliphatic carbocycles. The van der Waals surface area contributed by atoms with Gasteiger partial charge in [-0.1, -0.05) is 0 Å². The Kier molecular flexibility index (Phi) is 8.61. The van der Waals surface area contributed by atoms with Crippen LogP contribution in [0.3, 0.4) is 0 Å². The highest BCUT2D eigenvalue weighted by Crippen LogP contribution is 2.40. The Labute approximate surface area is 221 Å². The quantitative estimate of drug-likeness (QED) is 0.273. The van der Waals surface area contributed by atoms with Crippen LogP contribution in [0, 0.1) is 0 Å². The van der Waals surface area contributed by atoms with E-state index < -0.39 is 60.4 Å². The maximum Gasteiger partial charge on any atom is 0.338 e. The predicted molar refractivity (Wildman–Crippen MR) is 129 cm³/mol. The standard InChI is InChI=1S/C25H28O14/c1-34-14-5-11(6-15(35-2)19(14)27)22(29)38-18-10-25(33,24(31)32)9-13(26)21(18)39-23(30)12-7-16(36-3)20(28)17(8-12)37-4/h5-8,13,18,21,26-28,33H,9-10H2,1-4H3,(H,31,32)/t13-,18-,21+,25-/m1/s1. The van der Waals surface area contributed by atoms with Gasteiger partial charge in [-0.25, -0.2) is 14.4 Å². The van der Waals surface area contributed by atoms with E-state index in [9.17, 15) is 39.9 Å². The molecule has 5 N–H and O–H groups in total. The normalized spacial score (nSPS) is 22.4. The van der Waals surface area contributed by atoms with E-state index in [0.717, 1.165) is 24.3 Å². The molecule has 2 aromatic carbocycles. The number of hydrogen-bond donors (Lipinski definition) is 5. The van der Waals surface area contributed by atoms with Gasteiger partial charge in [0.05, 0.1) is 45.7 Å². The number of aliphatic carboxylic acids is 1. The van der Waals surface area contributed by atoms with E-state index in [0.29, 0.717) is 0 Å². The Morgan fingerprint density at radius 2 is 1.13 bits per heavy atom. The van der Waals surface area contributed by atoms with Crippen LogP contribution in [-0.2, 0) is 14.3 Å². The molecule has 0 amide bonds. The van der Waals surface area contributed by atoms with Gasteiger partial charge in [0.2, 0.25) is 11.5 Å². The highest BCUT2D eigenvalue weighted by atomic mass is 16.6. The topological polar surface area (TPSA) is 208 Å². The number of rotatable bonds is 9. The Morgan fingerprint density at radius 3 is 1.49 bits per heavy atom. The minimum Gasteiger partial charge on any atom is -0.502 e. The third-order valence-electron chi connectivity index (χ3n) is 6.16. The maximum absolute atomic E-state index is 13.0. The third kappa shape index (κ3) is 5.86.